The SMILES string of the molecule is CC1(C)c2c(cnn2NC(=O)c2cccc(Br)c2)CN1C(=O)c1ccc(F)cc1. The minimum Gasteiger partial charge on any atom is -0.323 e. The maximum Gasteiger partial charge on any atom is 0.271 e. The second-order valence-electron chi connectivity index (χ2n) is 7.34. The third kappa shape index (κ3) is 3.44. The van der Waals surface area contributed by atoms with Gasteiger partial charge in [-0.1, -0.05) is 22.0 Å². The van der Waals surface area contributed by atoms with Crippen molar-refractivity contribution in [3.8, 4) is 0 Å². The van der Waals surface area contributed by atoms with Gasteiger partial charge in [-0.05, 0) is 56.3 Å². The summed E-state index contributed by atoms with van der Waals surface area (Å²) in [6.45, 7) is 4.14. The van der Waals surface area contributed by atoms with Crippen molar-refractivity contribution in [2.45, 2.75) is 25.9 Å². The van der Waals surface area contributed by atoms with Gasteiger partial charge in [0.1, 0.15) is 5.82 Å². The molecule has 0 saturated heterocycles. The molecule has 148 valence electrons. The van der Waals surface area contributed by atoms with Gasteiger partial charge in [0.05, 0.1) is 24.0 Å². The van der Waals surface area contributed by atoms with Crippen LogP contribution >= 0.6 is 15.9 Å². The Labute approximate surface area is 175 Å². The van der Waals surface area contributed by atoms with E-state index in [0.717, 1.165) is 15.7 Å². The topological polar surface area (TPSA) is 67.2 Å². The molecule has 2 amide bonds. The number of rotatable bonds is 3. The van der Waals surface area contributed by atoms with Crippen LogP contribution in [-0.2, 0) is 12.1 Å². The monoisotopic (exact) mass is 456 g/mol. The second-order valence-corrected chi connectivity index (χ2v) is 8.25. The number of carbonyl (C=O) groups is 2. The van der Waals surface area contributed by atoms with Gasteiger partial charge in [0.25, 0.3) is 11.8 Å². The van der Waals surface area contributed by atoms with Gasteiger partial charge in [-0.3, -0.25) is 9.59 Å². The Morgan fingerprint density at radius 3 is 2.55 bits per heavy atom. The van der Waals surface area contributed by atoms with Crippen molar-refractivity contribution in [3.63, 3.8) is 0 Å². The average molecular weight is 457 g/mol. The molecule has 0 aliphatic carbocycles. The zero-order chi connectivity index (χ0) is 20.8. The van der Waals surface area contributed by atoms with Crippen molar-refractivity contribution < 1.29 is 14.0 Å². The standard InChI is InChI=1S/C21H18BrFN4O2/c1-21(2)18-15(12-26(21)20(29)13-6-8-17(23)9-7-13)11-24-27(18)25-19(28)14-4-3-5-16(22)10-14/h3-11H,12H2,1-2H3,(H,25,28). The van der Waals surface area contributed by atoms with Crippen LogP contribution in [0.15, 0.2) is 59.2 Å². The predicted octanol–water partition coefficient (Wildman–Crippen LogP) is 4.06. The number of fused-ring (bicyclic) bond motifs is 1. The van der Waals surface area contributed by atoms with E-state index in [1.165, 1.54) is 29.1 Å². The highest BCUT2D eigenvalue weighted by atomic mass is 79.9. The van der Waals surface area contributed by atoms with Gasteiger partial charge >= 0.3 is 0 Å². The summed E-state index contributed by atoms with van der Waals surface area (Å²) in [7, 11) is 0. The quantitative estimate of drug-likeness (QED) is 0.645. The molecule has 0 bridgehead atoms. The van der Waals surface area contributed by atoms with E-state index in [2.05, 4.69) is 26.5 Å². The lowest BCUT2D eigenvalue weighted by Gasteiger charge is -2.33. The van der Waals surface area contributed by atoms with E-state index in [1.807, 2.05) is 19.9 Å². The molecular weight excluding hydrogens is 439 g/mol. The number of nitrogens with zero attached hydrogens (tertiary/aromatic N) is 3. The summed E-state index contributed by atoms with van der Waals surface area (Å²) in [6, 6.07) is 12.5. The number of hydrogen-bond donors (Lipinski definition) is 1. The van der Waals surface area contributed by atoms with Crippen molar-refractivity contribution in [2.24, 2.45) is 0 Å². The summed E-state index contributed by atoms with van der Waals surface area (Å²) < 4.78 is 14.0. The van der Waals surface area contributed by atoms with Crippen LogP contribution in [0.25, 0.3) is 0 Å². The summed E-state index contributed by atoms with van der Waals surface area (Å²) in [4.78, 5) is 28.8. The van der Waals surface area contributed by atoms with E-state index < -0.39 is 11.4 Å². The lowest BCUT2D eigenvalue weighted by Crippen LogP contribution is -2.43. The normalized spacial score (nSPS) is 14.6. The first kappa shape index (κ1) is 19.3. The van der Waals surface area contributed by atoms with Crippen LogP contribution in [0, 0.1) is 5.82 Å². The van der Waals surface area contributed by atoms with E-state index in [9.17, 15) is 14.0 Å². The van der Waals surface area contributed by atoms with Gasteiger partial charge in [0, 0.05) is 21.2 Å². The largest absolute Gasteiger partial charge is 0.323 e. The molecule has 6 nitrogen and oxygen atoms in total. The smallest absolute Gasteiger partial charge is 0.271 e. The highest BCUT2D eigenvalue weighted by molar-refractivity contribution is 9.10. The first-order valence-electron chi connectivity index (χ1n) is 8.99. The summed E-state index contributed by atoms with van der Waals surface area (Å²) in [5, 5.41) is 4.28. The van der Waals surface area contributed by atoms with Crippen molar-refractivity contribution in [2.75, 3.05) is 5.43 Å². The number of carbonyl (C=O) groups excluding carboxylic acids is 2. The molecule has 0 fully saturated rings. The Bertz CT molecular complexity index is 1110. The predicted molar refractivity (Wildman–Crippen MR) is 109 cm³/mol. The molecule has 29 heavy (non-hydrogen) atoms. The summed E-state index contributed by atoms with van der Waals surface area (Å²) in [6.07, 6.45) is 1.65. The van der Waals surface area contributed by atoms with Crippen molar-refractivity contribution >= 4 is 27.7 Å². The van der Waals surface area contributed by atoms with Gasteiger partial charge in [-0.15, -0.1) is 0 Å². The molecular formula is C21H18BrFN4O2. The molecule has 2 heterocycles. The highest BCUT2D eigenvalue weighted by Gasteiger charge is 2.44. The van der Waals surface area contributed by atoms with Crippen molar-refractivity contribution in [1.82, 2.24) is 14.8 Å². The molecule has 0 radical (unpaired) electrons. The Kier molecular flexibility index (Phi) is 4.74. The number of nitrogens with one attached hydrogen (secondary N) is 1. The number of halogens is 2. The van der Waals surface area contributed by atoms with Crippen LogP contribution in [0.1, 0.15) is 45.8 Å². The summed E-state index contributed by atoms with van der Waals surface area (Å²) >= 11 is 3.36. The molecule has 3 aromatic rings. The molecule has 1 aromatic heterocycles. The molecule has 2 aromatic carbocycles. The summed E-state index contributed by atoms with van der Waals surface area (Å²) in [5.74, 6) is -0.913. The summed E-state index contributed by atoms with van der Waals surface area (Å²) in [5.41, 5.74) is 4.54. The fraction of sp³-hybridized carbons (Fsp3) is 0.190. The Morgan fingerprint density at radius 2 is 1.86 bits per heavy atom. The van der Waals surface area contributed by atoms with Gasteiger partial charge < -0.3 is 4.90 Å². The average Bonchev–Trinajstić information content (AvgIpc) is 3.20. The molecule has 0 atom stereocenters. The van der Waals surface area contributed by atoms with Crippen LogP contribution < -0.4 is 5.43 Å². The molecule has 0 spiro atoms. The lowest BCUT2D eigenvalue weighted by molar-refractivity contribution is 0.0562. The highest BCUT2D eigenvalue weighted by Crippen LogP contribution is 2.39. The van der Waals surface area contributed by atoms with Crippen LogP contribution in [0.2, 0.25) is 0 Å². The molecule has 0 saturated carbocycles. The van der Waals surface area contributed by atoms with Crippen molar-refractivity contribution in [1.29, 1.82) is 0 Å². The number of benzene rings is 2. The molecule has 1 aliphatic heterocycles. The van der Waals surface area contributed by atoms with Crippen LogP contribution in [0.4, 0.5) is 4.39 Å². The lowest BCUT2D eigenvalue weighted by atomic mass is 10.00. The first-order valence-corrected chi connectivity index (χ1v) is 9.78. The van der Waals surface area contributed by atoms with E-state index >= 15 is 0 Å². The van der Waals surface area contributed by atoms with Gasteiger partial charge in [-0.2, -0.15) is 9.89 Å². The fourth-order valence-corrected chi connectivity index (χ4v) is 3.99. The molecule has 4 rings (SSSR count). The molecule has 1 N–H and O–H groups in total. The zero-order valence-electron chi connectivity index (χ0n) is 15.8. The number of aromatic nitrogens is 2. The number of hydrogen-bond acceptors (Lipinski definition) is 3. The van der Waals surface area contributed by atoms with Crippen LogP contribution in [0.5, 0.6) is 0 Å². The van der Waals surface area contributed by atoms with E-state index in [0.29, 0.717) is 17.7 Å². The minimum atomic E-state index is -0.720. The zero-order valence-corrected chi connectivity index (χ0v) is 17.4. The minimum absolute atomic E-state index is 0.212. The molecule has 8 heteroatoms. The van der Waals surface area contributed by atoms with Crippen molar-refractivity contribution in [3.05, 3.63) is 87.4 Å². The third-order valence-electron chi connectivity index (χ3n) is 5.06. The maximum atomic E-state index is 13.2. The second kappa shape index (κ2) is 7.11. The molecule has 0 unspecified atom stereocenters. The Balaban J connectivity index is 1.61. The Morgan fingerprint density at radius 1 is 1.14 bits per heavy atom. The Hall–Kier alpha value is -3.00. The van der Waals surface area contributed by atoms with Gasteiger partial charge in [-0.25, -0.2) is 9.82 Å². The third-order valence-corrected chi connectivity index (χ3v) is 5.55. The van der Waals surface area contributed by atoms with E-state index in [4.69, 9.17) is 0 Å². The fourth-order valence-electron chi connectivity index (χ4n) is 3.60. The van der Waals surface area contributed by atoms with Gasteiger partial charge in [0.15, 0.2) is 0 Å². The maximum absolute atomic E-state index is 13.2. The first-order chi connectivity index (χ1) is 13.8. The van der Waals surface area contributed by atoms with E-state index in [-0.39, 0.29) is 11.8 Å². The van der Waals surface area contributed by atoms with Gasteiger partial charge in [0.2, 0.25) is 0 Å². The van der Waals surface area contributed by atoms with Crippen LogP contribution in [0.3, 0.4) is 0 Å². The van der Waals surface area contributed by atoms with E-state index in [1.54, 1.807) is 29.3 Å². The van der Waals surface area contributed by atoms with Crippen LogP contribution in [-0.4, -0.2) is 26.6 Å². The molecule has 1 aliphatic rings. The number of amides is 2.